The largest absolute Gasteiger partial charge is 0.444 e. The van der Waals surface area contributed by atoms with Crippen LogP contribution in [0.15, 0.2) is 37.2 Å². The molecule has 0 atom stereocenters. The van der Waals surface area contributed by atoms with Crippen molar-refractivity contribution in [3.05, 3.63) is 42.3 Å². The first kappa shape index (κ1) is 37.1. The minimum absolute atomic E-state index is 0. The van der Waals surface area contributed by atoms with Crippen molar-refractivity contribution in [3.8, 4) is 0 Å². The van der Waals surface area contributed by atoms with Crippen molar-refractivity contribution in [2.24, 2.45) is 0 Å². The molecule has 8 rings (SSSR count). The highest BCUT2D eigenvalue weighted by molar-refractivity contribution is 6.33. The number of carbonyl (C=O) groups is 2. The fourth-order valence-corrected chi connectivity index (χ4v) is 6.52. The van der Waals surface area contributed by atoms with Crippen LogP contribution in [0.25, 0.3) is 22.1 Å². The molecular formula is C35H51ClN10O4. The molecule has 0 aromatic carbocycles. The van der Waals surface area contributed by atoms with Gasteiger partial charge in [0, 0.05) is 51.7 Å². The molecule has 4 aliphatic rings. The summed E-state index contributed by atoms with van der Waals surface area (Å²) in [5.41, 5.74) is 0.750. The van der Waals surface area contributed by atoms with E-state index in [9.17, 15) is 9.59 Å². The van der Waals surface area contributed by atoms with Crippen LogP contribution < -0.4 is 10.2 Å². The van der Waals surface area contributed by atoms with Gasteiger partial charge in [0.1, 0.15) is 46.1 Å². The molecule has 2 saturated heterocycles. The van der Waals surface area contributed by atoms with Crippen LogP contribution in [0.5, 0.6) is 0 Å². The second-order valence-electron chi connectivity index (χ2n) is 15.2. The van der Waals surface area contributed by atoms with E-state index in [0.717, 1.165) is 86.3 Å². The van der Waals surface area contributed by atoms with Crippen molar-refractivity contribution in [2.75, 3.05) is 44.2 Å². The third-order valence-corrected chi connectivity index (χ3v) is 9.31. The van der Waals surface area contributed by atoms with Gasteiger partial charge in [-0.25, -0.2) is 29.5 Å². The molecule has 0 unspecified atom stereocenters. The number of piperazine rings is 2. The van der Waals surface area contributed by atoms with Gasteiger partial charge in [0.15, 0.2) is 0 Å². The number of amides is 2. The third-order valence-electron chi connectivity index (χ3n) is 9.01. The highest BCUT2D eigenvalue weighted by Gasteiger charge is 2.55. The number of ether oxygens (including phenoxy) is 2. The van der Waals surface area contributed by atoms with Gasteiger partial charge in [-0.3, -0.25) is 9.80 Å². The van der Waals surface area contributed by atoms with Gasteiger partial charge in [0.25, 0.3) is 0 Å². The van der Waals surface area contributed by atoms with E-state index in [1.807, 2.05) is 69.7 Å². The lowest BCUT2D eigenvalue weighted by molar-refractivity contribution is 0.00796. The van der Waals surface area contributed by atoms with Gasteiger partial charge < -0.3 is 29.7 Å². The molecule has 3 N–H and O–H groups in total. The number of fused-ring (bicyclic) bond motifs is 2. The molecule has 4 aromatic heterocycles. The Morgan fingerprint density at radius 1 is 0.760 bits per heavy atom. The molecule has 15 heteroatoms. The summed E-state index contributed by atoms with van der Waals surface area (Å²) in [6.07, 6.45) is 10.6. The molecule has 0 radical (unpaired) electrons. The number of nitrogens with zero attached hydrogens (tertiary/aromatic N) is 7. The molecule has 2 aliphatic heterocycles. The zero-order valence-electron chi connectivity index (χ0n) is 29.2. The fraction of sp³-hybridized carbons (Fsp3) is 0.600. The van der Waals surface area contributed by atoms with Crippen LogP contribution in [0.3, 0.4) is 0 Å². The van der Waals surface area contributed by atoms with E-state index in [2.05, 4.69) is 40.1 Å². The first-order valence-corrected chi connectivity index (χ1v) is 17.3. The summed E-state index contributed by atoms with van der Waals surface area (Å²) >= 11 is 5.73. The molecule has 0 bridgehead atoms. The fourth-order valence-electron chi connectivity index (χ4n) is 6.32. The summed E-state index contributed by atoms with van der Waals surface area (Å²) in [6.45, 7) is 16.2. The van der Waals surface area contributed by atoms with E-state index >= 15 is 0 Å². The molecule has 272 valence electrons. The number of H-pyrrole nitrogens is 2. The van der Waals surface area contributed by atoms with E-state index in [4.69, 9.17) is 21.1 Å². The van der Waals surface area contributed by atoms with Gasteiger partial charge in [-0.1, -0.05) is 19.0 Å². The van der Waals surface area contributed by atoms with Crippen molar-refractivity contribution in [1.82, 2.24) is 45.0 Å². The molecule has 14 nitrogen and oxygen atoms in total. The monoisotopic (exact) mass is 710 g/mol. The van der Waals surface area contributed by atoms with Crippen molar-refractivity contribution < 1.29 is 19.1 Å². The molecule has 2 amide bonds. The van der Waals surface area contributed by atoms with E-state index in [1.165, 1.54) is 6.33 Å². The maximum Gasteiger partial charge on any atom is 0.410 e. The van der Waals surface area contributed by atoms with Gasteiger partial charge in [0.2, 0.25) is 0 Å². The van der Waals surface area contributed by atoms with E-state index < -0.39 is 11.2 Å². The highest BCUT2D eigenvalue weighted by Crippen LogP contribution is 2.46. The van der Waals surface area contributed by atoms with Gasteiger partial charge in [0.05, 0.1) is 21.9 Å². The first-order valence-electron chi connectivity index (χ1n) is 16.9. The Morgan fingerprint density at radius 3 is 1.86 bits per heavy atom. The number of anilines is 1. The molecule has 4 fully saturated rings. The zero-order chi connectivity index (χ0) is 35.0. The van der Waals surface area contributed by atoms with Crippen LogP contribution >= 0.6 is 11.6 Å². The van der Waals surface area contributed by atoms with Crippen molar-refractivity contribution in [3.63, 3.8) is 0 Å². The number of halogens is 1. The number of aromatic nitrogens is 6. The Hall–Kier alpha value is -4.17. The summed E-state index contributed by atoms with van der Waals surface area (Å²) in [4.78, 5) is 53.1. The molecular weight excluding hydrogens is 660 g/mol. The van der Waals surface area contributed by atoms with Crippen LogP contribution in [0.2, 0.25) is 5.15 Å². The second-order valence-corrected chi connectivity index (χ2v) is 15.5. The van der Waals surface area contributed by atoms with Gasteiger partial charge in [-0.05, 0) is 79.4 Å². The lowest BCUT2D eigenvalue weighted by atomic mass is 10.1. The van der Waals surface area contributed by atoms with E-state index in [1.54, 1.807) is 12.5 Å². The SMILES string of the molecule is C.CC(C)(C)OC(=O)N1CCN(c2ncnc3[nH]ccc23)CC12CC2.CC(C)(C)OC(=O)N1CCNCC12CC2.Clc1ncnc2[nH]ccc12. The normalized spacial score (nSPS) is 18.8. The standard InChI is InChI=1S/C17H23N5O2.C11H20N2O2.C6H4ClN3.CH4/c1-16(2,3)24-15(23)22-9-8-21(10-17(22)5-6-17)14-12-4-7-18-13(12)19-11-20-14;1-10(2,3)15-9(14)13-7-6-12-8-11(13)4-5-11;7-5-4-1-2-8-6(4)10-3-9-5;/h4,7,11H,5-6,8-10H2,1-3H3,(H,18,19,20);12H,4-8H2,1-3H3;1-3H,(H,8,9,10);1H4. The number of aromatic amines is 2. The quantitative estimate of drug-likeness (QED) is 0.196. The Morgan fingerprint density at radius 2 is 1.30 bits per heavy atom. The summed E-state index contributed by atoms with van der Waals surface area (Å²) in [7, 11) is 0. The minimum Gasteiger partial charge on any atom is -0.444 e. The van der Waals surface area contributed by atoms with Crippen LogP contribution in [-0.2, 0) is 9.47 Å². The molecule has 2 saturated carbocycles. The number of nitrogens with one attached hydrogen (secondary N) is 3. The van der Waals surface area contributed by atoms with Crippen molar-refractivity contribution in [2.45, 2.75) is 96.9 Å². The predicted molar refractivity (Wildman–Crippen MR) is 194 cm³/mol. The van der Waals surface area contributed by atoms with Crippen LogP contribution in [0, 0.1) is 0 Å². The molecule has 6 heterocycles. The molecule has 50 heavy (non-hydrogen) atoms. The van der Waals surface area contributed by atoms with Crippen LogP contribution in [0.1, 0.15) is 74.7 Å². The Balaban J connectivity index is 0.000000159. The molecule has 4 aromatic rings. The summed E-state index contributed by atoms with van der Waals surface area (Å²) in [5.74, 6) is 0.941. The highest BCUT2D eigenvalue weighted by atomic mass is 35.5. The number of hydrogen-bond acceptors (Lipinski definition) is 10. The predicted octanol–water partition coefficient (Wildman–Crippen LogP) is 6.15. The Bertz CT molecular complexity index is 1790. The van der Waals surface area contributed by atoms with Gasteiger partial charge >= 0.3 is 12.2 Å². The second kappa shape index (κ2) is 14.2. The zero-order valence-corrected chi connectivity index (χ0v) is 29.9. The van der Waals surface area contributed by atoms with Gasteiger partial charge in [-0.15, -0.1) is 0 Å². The number of hydrogen-bond donors (Lipinski definition) is 3. The lowest BCUT2D eigenvalue weighted by Gasteiger charge is -2.42. The van der Waals surface area contributed by atoms with E-state index in [0.29, 0.717) is 11.7 Å². The Kier molecular flexibility index (Phi) is 10.5. The maximum atomic E-state index is 12.5. The lowest BCUT2D eigenvalue weighted by Crippen LogP contribution is -2.58. The Labute approximate surface area is 298 Å². The minimum atomic E-state index is -0.464. The van der Waals surface area contributed by atoms with E-state index in [-0.39, 0.29) is 30.7 Å². The summed E-state index contributed by atoms with van der Waals surface area (Å²) < 4.78 is 11.0. The first-order chi connectivity index (χ1) is 23.2. The van der Waals surface area contributed by atoms with Crippen LogP contribution in [0.4, 0.5) is 15.4 Å². The molecule has 2 spiro atoms. The molecule has 2 aliphatic carbocycles. The third kappa shape index (κ3) is 8.40. The van der Waals surface area contributed by atoms with Crippen LogP contribution in [-0.4, -0.2) is 113 Å². The topological polar surface area (TPSA) is 157 Å². The number of carbonyl (C=O) groups excluding carboxylic acids is 2. The van der Waals surface area contributed by atoms with Crippen molar-refractivity contribution in [1.29, 1.82) is 0 Å². The van der Waals surface area contributed by atoms with Gasteiger partial charge in [-0.2, -0.15) is 0 Å². The number of rotatable bonds is 1. The summed E-state index contributed by atoms with van der Waals surface area (Å²) in [5, 5.41) is 5.72. The smallest absolute Gasteiger partial charge is 0.410 e. The summed E-state index contributed by atoms with van der Waals surface area (Å²) in [6, 6.07) is 3.85. The average Bonchev–Trinajstić information content (AvgIpc) is 3.82. The maximum absolute atomic E-state index is 12.5. The van der Waals surface area contributed by atoms with Crippen molar-refractivity contribution >= 4 is 51.7 Å². The average molecular weight is 711 g/mol.